The standard InChI is InChI=1S/C13H13NO2/c1-10(9-15-2)11-4-3-5-12(8-11)13-6-7-16-14-13/h3-9H,1-2H3. The zero-order chi connectivity index (χ0) is 11.4. The van der Waals surface area contributed by atoms with Gasteiger partial charge in [0, 0.05) is 11.6 Å². The molecule has 0 aliphatic heterocycles. The molecule has 16 heavy (non-hydrogen) atoms. The van der Waals surface area contributed by atoms with Crippen molar-refractivity contribution in [2.45, 2.75) is 6.92 Å². The predicted molar refractivity (Wildman–Crippen MR) is 62.6 cm³/mol. The van der Waals surface area contributed by atoms with Crippen LogP contribution in [0, 0.1) is 0 Å². The van der Waals surface area contributed by atoms with Gasteiger partial charge >= 0.3 is 0 Å². The summed E-state index contributed by atoms with van der Waals surface area (Å²) in [4.78, 5) is 0. The minimum Gasteiger partial charge on any atom is -0.504 e. The fourth-order valence-electron chi connectivity index (χ4n) is 1.53. The van der Waals surface area contributed by atoms with Crippen LogP contribution in [0.3, 0.4) is 0 Å². The molecule has 0 saturated carbocycles. The molecule has 2 aromatic rings. The van der Waals surface area contributed by atoms with E-state index in [1.54, 1.807) is 19.6 Å². The quantitative estimate of drug-likeness (QED) is 0.736. The van der Waals surface area contributed by atoms with Gasteiger partial charge in [-0.2, -0.15) is 0 Å². The molecule has 0 atom stereocenters. The van der Waals surface area contributed by atoms with E-state index in [0.717, 1.165) is 22.4 Å². The van der Waals surface area contributed by atoms with Crippen LogP contribution in [-0.4, -0.2) is 12.3 Å². The molecule has 0 aliphatic rings. The van der Waals surface area contributed by atoms with E-state index in [9.17, 15) is 0 Å². The fourth-order valence-corrected chi connectivity index (χ4v) is 1.53. The maximum atomic E-state index is 4.99. The Balaban J connectivity index is 2.37. The zero-order valence-electron chi connectivity index (χ0n) is 9.31. The Morgan fingerprint density at radius 1 is 1.38 bits per heavy atom. The summed E-state index contributed by atoms with van der Waals surface area (Å²) in [5.74, 6) is 0. The van der Waals surface area contributed by atoms with E-state index in [2.05, 4.69) is 11.2 Å². The zero-order valence-corrected chi connectivity index (χ0v) is 9.31. The lowest BCUT2D eigenvalue weighted by Crippen LogP contribution is -1.83. The molecular formula is C13H13NO2. The first-order valence-electron chi connectivity index (χ1n) is 5.02. The number of hydrogen-bond donors (Lipinski definition) is 0. The molecule has 0 spiro atoms. The van der Waals surface area contributed by atoms with Gasteiger partial charge in [-0.25, -0.2) is 0 Å². The smallest absolute Gasteiger partial charge is 0.124 e. The molecule has 0 amide bonds. The van der Waals surface area contributed by atoms with Crippen LogP contribution in [0.25, 0.3) is 16.8 Å². The molecule has 1 aromatic heterocycles. The Morgan fingerprint density at radius 3 is 2.94 bits per heavy atom. The SMILES string of the molecule is COC=C(C)c1cccc(-c2ccon2)c1. The van der Waals surface area contributed by atoms with Crippen molar-refractivity contribution in [2.75, 3.05) is 7.11 Å². The molecule has 0 bridgehead atoms. The van der Waals surface area contributed by atoms with Crippen LogP contribution in [0.1, 0.15) is 12.5 Å². The molecule has 1 aromatic carbocycles. The Hall–Kier alpha value is -2.03. The molecular weight excluding hydrogens is 202 g/mol. The summed E-state index contributed by atoms with van der Waals surface area (Å²) in [6.45, 7) is 2.01. The van der Waals surface area contributed by atoms with E-state index in [1.165, 1.54) is 0 Å². The number of rotatable bonds is 3. The van der Waals surface area contributed by atoms with E-state index >= 15 is 0 Å². The van der Waals surface area contributed by atoms with Crippen molar-refractivity contribution >= 4 is 5.57 Å². The topological polar surface area (TPSA) is 35.3 Å². The average Bonchev–Trinajstić information content (AvgIpc) is 2.83. The molecule has 3 nitrogen and oxygen atoms in total. The lowest BCUT2D eigenvalue weighted by molar-refractivity contribution is 0.339. The predicted octanol–water partition coefficient (Wildman–Crippen LogP) is 3.35. The van der Waals surface area contributed by atoms with Crippen LogP contribution >= 0.6 is 0 Å². The number of methoxy groups -OCH3 is 1. The monoisotopic (exact) mass is 215 g/mol. The van der Waals surface area contributed by atoms with Gasteiger partial charge in [0.05, 0.1) is 13.4 Å². The lowest BCUT2D eigenvalue weighted by atomic mass is 10.0. The van der Waals surface area contributed by atoms with Gasteiger partial charge in [-0.1, -0.05) is 23.4 Å². The Morgan fingerprint density at radius 2 is 2.25 bits per heavy atom. The third-order valence-electron chi connectivity index (χ3n) is 2.35. The normalized spacial score (nSPS) is 11.5. The van der Waals surface area contributed by atoms with Crippen molar-refractivity contribution < 1.29 is 9.26 Å². The van der Waals surface area contributed by atoms with Crippen molar-refractivity contribution in [3.8, 4) is 11.3 Å². The van der Waals surface area contributed by atoms with Crippen molar-refractivity contribution in [3.63, 3.8) is 0 Å². The minimum atomic E-state index is 0.840. The summed E-state index contributed by atoms with van der Waals surface area (Å²) in [7, 11) is 1.64. The van der Waals surface area contributed by atoms with Gasteiger partial charge in [0.25, 0.3) is 0 Å². The van der Waals surface area contributed by atoms with Crippen LogP contribution in [0.15, 0.2) is 47.4 Å². The first kappa shape index (κ1) is 10.5. The first-order chi connectivity index (χ1) is 7.81. The number of hydrogen-bond acceptors (Lipinski definition) is 3. The van der Waals surface area contributed by atoms with Crippen LogP contribution in [0.4, 0.5) is 0 Å². The molecule has 0 N–H and O–H groups in total. The van der Waals surface area contributed by atoms with Gasteiger partial charge in [-0.3, -0.25) is 0 Å². The lowest BCUT2D eigenvalue weighted by Gasteiger charge is -2.03. The van der Waals surface area contributed by atoms with Crippen molar-refractivity contribution in [1.29, 1.82) is 0 Å². The van der Waals surface area contributed by atoms with E-state index in [1.807, 2.05) is 31.2 Å². The van der Waals surface area contributed by atoms with Crippen molar-refractivity contribution in [2.24, 2.45) is 0 Å². The Labute approximate surface area is 94.3 Å². The highest BCUT2D eigenvalue weighted by molar-refractivity contribution is 5.69. The van der Waals surface area contributed by atoms with Crippen molar-refractivity contribution in [3.05, 3.63) is 48.4 Å². The highest BCUT2D eigenvalue weighted by Crippen LogP contribution is 2.22. The largest absolute Gasteiger partial charge is 0.504 e. The molecule has 2 rings (SSSR count). The Bertz CT molecular complexity index is 486. The number of benzene rings is 1. The number of nitrogens with zero attached hydrogens (tertiary/aromatic N) is 1. The average molecular weight is 215 g/mol. The second-order valence-electron chi connectivity index (χ2n) is 3.50. The van der Waals surface area contributed by atoms with Gasteiger partial charge in [0.1, 0.15) is 12.0 Å². The highest BCUT2D eigenvalue weighted by Gasteiger charge is 2.03. The molecule has 82 valence electrons. The van der Waals surface area contributed by atoms with E-state index in [0.29, 0.717) is 0 Å². The summed E-state index contributed by atoms with van der Waals surface area (Å²) in [6, 6.07) is 9.93. The van der Waals surface area contributed by atoms with E-state index in [-0.39, 0.29) is 0 Å². The summed E-state index contributed by atoms with van der Waals surface area (Å²) < 4.78 is 9.82. The van der Waals surface area contributed by atoms with E-state index < -0.39 is 0 Å². The van der Waals surface area contributed by atoms with E-state index in [4.69, 9.17) is 9.26 Å². The number of ether oxygens (including phenoxy) is 1. The van der Waals surface area contributed by atoms with Gasteiger partial charge < -0.3 is 9.26 Å². The van der Waals surface area contributed by atoms with Crippen LogP contribution in [0.2, 0.25) is 0 Å². The molecule has 0 fully saturated rings. The first-order valence-corrected chi connectivity index (χ1v) is 5.02. The molecule has 0 aliphatic carbocycles. The van der Waals surface area contributed by atoms with Gasteiger partial charge in [-0.05, 0) is 24.1 Å². The highest BCUT2D eigenvalue weighted by atomic mass is 16.5. The maximum absolute atomic E-state index is 4.99. The second-order valence-corrected chi connectivity index (χ2v) is 3.50. The Kier molecular flexibility index (Phi) is 3.05. The molecule has 3 heteroatoms. The van der Waals surface area contributed by atoms with Gasteiger partial charge in [0.15, 0.2) is 0 Å². The van der Waals surface area contributed by atoms with Gasteiger partial charge in [-0.15, -0.1) is 0 Å². The summed E-state index contributed by atoms with van der Waals surface area (Å²) in [6.07, 6.45) is 3.29. The summed E-state index contributed by atoms with van der Waals surface area (Å²) >= 11 is 0. The summed E-state index contributed by atoms with van der Waals surface area (Å²) in [5, 5.41) is 3.91. The molecule has 1 heterocycles. The van der Waals surface area contributed by atoms with Crippen LogP contribution in [0.5, 0.6) is 0 Å². The third-order valence-corrected chi connectivity index (χ3v) is 2.35. The van der Waals surface area contributed by atoms with Crippen LogP contribution in [-0.2, 0) is 4.74 Å². The molecule has 0 saturated heterocycles. The minimum absolute atomic E-state index is 0.840. The maximum Gasteiger partial charge on any atom is 0.124 e. The summed E-state index contributed by atoms with van der Waals surface area (Å²) in [5.41, 5.74) is 4.07. The number of allylic oxidation sites excluding steroid dienone is 1. The number of aromatic nitrogens is 1. The molecule has 0 unspecified atom stereocenters. The van der Waals surface area contributed by atoms with Gasteiger partial charge in [0.2, 0.25) is 0 Å². The molecule has 0 radical (unpaired) electrons. The second kappa shape index (κ2) is 4.66. The third kappa shape index (κ3) is 2.14. The van der Waals surface area contributed by atoms with Crippen molar-refractivity contribution in [1.82, 2.24) is 5.16 Å². The van der Waals surface area contributed by atoms with Crippen LogP contribution < -0.4 is 0 Å². The fraction of sp³-hybridized carbons (Fsp3) is 0.154.